The van der Waals surface area contributed by atoms with Crippen LogP contribution < -0.4 is 11.4 Å². The van der Waals surface area contributed by atoms with Gasteiger partial charge in [-0.15, -0.1) is 0 Å². The summed E-state index contributed by atoms with van der Waals surface area (Å²) in [5.41, 5.74) is 4.93. The molecular weight excluding hydrogens is 273 g/mol. The minimum Gasteiger partial charge on any atom is -0.383 e. The fraction of sp³-hybridized carbons (Fsp3) is 0.400. The van der Waals surface area contributed by atoms with Crippen LogP contribution in [0.4, 0.5) is 5.82 Å². The highest BCUT2D eigenvalue weighted by molar-refractivity contribution is 7.51. The molecule has 9 heteroatoms. The Bertz CT molecular complexity index is 593. The molecule has 1 aliphatic carbocycles. The Kier molecular flexibility index (Phi) is 3.86. The zero-order valence-corrected chi connectivity index (χ0v) is 10.8. The predicted octanol–water partition coefficient (Wildman–Crippen LogP) is -0.153. The van der Waals surface area contributed by atoms with Gasteiger partial charge in [0.2, 0.25) is 0 Å². The quantitative estimate of drug-likeness (QED) is 0.518. The van der Waals surface area contributed by atoms with Crippen LogP contribution in [0.5, 0.6) is 0 Å². The number of allylic oxidation sites excluding steroid dienone is 1. The summed E-state index contributed by atoms with van der Waals surface area (Å²) in [7, 11) is -4.18. The molecule has 104 valence electrons. The summed E-state index contributed by atoms with van der Waals surface area (Å²) < 4.78 is 17.2. The summed E-state index contributed by atoms with van der Waals surface area (Å²) >= 11 is 0. The number of hydrogen-bond donors (Lipinski definition) is 3. The van der Waals surface area contributed by atoms with E-state index in [9.17, 15) is 9.36 Å². The van der Waals surface area contributed by atoms with E-state index in [1.807, 2.05) is 0 Å². The fourth-order valence-corrected chi connectivity index (χ4v) is 2.23. The zero-order chi connectivity index (χ0) is 14.0. The van der Waals surface area contributed by atoms with Crippen molar-refractivity contribution in [2.75, 3.05) is 12.1 Å². The second-order valence-corrected chi connectivity index (χ2v) is 5.82. The molecule has 0 saturated heterocycles. The number of aromatic nitrogens is 2. The summed E-state index contributed by atoms with van der Waals surface area (Å²) in [4.78, 5) is 32.7. The van der Waals surface area contributed by atoms with E-state index in [2.05, 4.69) is 4.98 Å². The summed E-state index contributed by atoms with van der Waals surface area (Å²) in [6.07, 6.45) is 4.30. The highest BCUT2D eigenvalue weighted by Gasteiger charge is 2.24. The lowest BCUT2D eigenvalue weighted by Gasteiger charge is -2.15. The maximum atomic E-state index is 11.6. The Morgan fingerprint density at radius 2 is 2.26 bits per heavy atom. The lowest BCUT2D eigenvalue weighted by atomic mass is 10.2. The molecule has 0 amide bonds. The second kappa shape index (κ2) is 5.26. The van der Waals surface area contributed by atoms with Crippen LogP contribution in [-0.2, 0) is 9.30 Å². The average Bonchev–Trinajstić information content (AvgIpc) is 2.74. The van der Waals surface area contributed by atoms with Crippen molar-refractivity contribution >= 4 is 13.4 Å². The molecule has 8 nitrogen and oxygen atoms in total. The predicted molar refractivity (Wildman–Crippen MR) is 67.5 cm³/mol. The van der Waals surface area contributed by atoms with Crippen molar-refractivity contribution in [3.05, 3.63) is 34.9 Å². The summed E-state index contributed by atoms with van der Waals surface area (Å²) in [5, 5.41) is 0. The van der Waals surface area contributed by atoms with Crippen LogP contribution in [-0.4, -0.2) is 31.8 Å². The molecule has 0 radical (unpaired) electrons. The Hall–Kier alpha value is -1.47. The van der Waals surface area contributed by atoms with E-state index in [0.717, 1.165) is 0 Å². The van der Waals surface area contributed by atoms with Gasteiger partial charge in [-0.25, -0.2) is 4.79 Å². The molecule has 0 spiro atoms. The van der Waals surface area contributed by atoms with E-state index in [-0.39, 0.29) is 11.9 Å². The van der Waals surface area contributed by atoms with Gasteiger partial charge in [0.25, 0.3) is 0 Å². The maximum Gasteiger partial charge on any atom is 0.351 e. The topological polar surface area (TPSA) is 128 Å². The first kappa shape index (κ1) is 14.0. The highest BCUT2D eigenvalue weighted by atomic mass is 31.2. The number of nitrogens with zero attached hydrogens (tertiary/aromatic N) is 2. The first-order chi connectivity index (χ1) is 8.85. The van der Waals surface area contributed by atoms with Gasteiger partial charge >= 0.3 is 13.3 Å². The van der Waals surface area contributed by atoms with Gasteiger partial charge in [0.1, 0.15) is 12.2 Å². The monoisotopic (exact) mass is 287 g/mol. The zero-order valence-electron chi connectivity index (χ0n) is 9.92. The molecule has 0 aromatic carbocycles. The van der Waals surface area contributed by atoms with Gasteiger partial charge in [0, 0.05) is 12.6 Å². The van der Waals surface area contributed by atoms with Crippen molar-refractivity contribution in [2.45, 2.75) is 18.6 Å². The number of nitrogens with two attached hydrogens (primary N) is 1. The molecule has 0 fully saturated rings. The van der Waals surface area contributed by atoms with Gasteiger partial charge in [0.15, 0.2) is 0 Å². The van der Waals surface area contributed by atoms with Crippen LogP contribution in [0.1, 0.15) is 12.5 Å². The molecule has 19 heavy (non-hydrogen) atoms. The van der Waals surface area contributed by atoms with E-state index in [1.54, 1.807) is 12.2 Å². The van der Waals surface area contributed by atoms with Crippen molar-refractivity contribution < 1.29 is 19.1 Å². The molecule has 0 saturated carbocycles. The van der Waals surface area contributed by atoms with Crippen molar-refractivity contribution in [1.29, 1.82) is 0 Å². The Morgan fingerprint density at radius 1 is 1.53 bits per heavy atom. The van der Waals surface area contributed by atoms with Gasteiger partial charge in [-0.3, -0.25) is 9.13 Å². The van der Waals surface area contributed by atoms with E-state index in [0.29, 0.717) is 6.42 Å². The minimum atomic E-state index is -4.18. The molecule has 0 aliphatic heterocycles. The van der Waals surface area contributed by atoms with Crippen LogP contribution >= 0.6 is 7.60 Å². The molecule has 2 atom stereocenters. The van der Waals surface area contributed by atoms with Crippen LogP contribution in [0.25, 0.3) is 0 Å². The van der Waals surface area contributed by atoms with Crippen molar-refractivity contribution in [3.63, 3.8) is 0 Å². The Balaban J connectivity index is 2.01. The number of ether oxygens (including phenoxy) is 1. The molecular formula is C10H14N3O5P. The second-order valence-electron chi connectivity index (χ2n) is 4.23. The third kappa shape index (κ3) is 3.74. The van der Waals surface area contributed by atoms with Crippen molar-refractivity contribution in [3.8, 4) is 0 Å². The van der Waals surface area contributed by atoms with E-state index < -0.39 is 25.7 Å². The number of hydrogen-bond acceptors (Lipinski definition) is 5. The summed E-state index contributed by atoms with van der Waals surface area (Å²) in [5.74, 6) is 0.150. The molecule has 0 unspecified atom stereocenters. The normalized spacial score (nSPS) is 22.8. The molecule has 4 N–H and O–H groups in total. The third-order valence-corrected chi connectivity index (χ3v) is 3.17. The van der Waals surface area contributed by atoms with Gasteiger partial charge in [0.05, 0.1) is 12.1 Å². The Morgan fingerprint density at radius 3 is 2.89 bits per heavy atom. The SMILES string of the molecule is Nc1ccn([C@H]2C=C[C@@H](OCP(=O)(O)O)C2)c(=O)n1. The van der Waals surface area contributed by atoms with E-state index >= 15 is 0 Å². The van der Waals surface area contributed by atoms with Crippen LogP contribution in [0.2, 0.25) is 0 Å². The lowest BCUT2D eigenvalue weighted by molar-refractivity contribution is 0.102. The van der Waals surface area contributed by atoms with Gasteiger partial charge in [-0.1, -0.05) is 12.2 Å². The van der Waals surface area contributed by atoms with Crippen LogP contribution in [0, 0.1) is 0 Å². The van der Waals surface area contributed by atoms with Gasteiger partial charge in [-0.05, 0) is 6.07 Å². The number of anilines is 1. The maximum absolute atomic E-state index is 11.6. The van der Waals surface area contributed by atoms with Crippen LogP contribution in [0.3, 0.4) is 0 Å². The lowest BCUT2D eigenvalue weighted by Crippen LogP contribution is -2.26. The Labute approximate surface area is 108 Å². The van der Waals surface area contributed by atoms with Gasteiger partial charge in [-0.2, -0.15) is 4.98 Å². The van der Waals surface area contributed by atoms with E-state index in [4.69, 9.17) is 20.3 Å². The van der Waals surface area contributed by atoms with Gasteiger partial charge < -0.3 is 20.3 Å². The first-order valence-electron chi connectivity index (χ1n) is 5.54. The molecule has 2 rings (SSSR count). The minimum absolute atomic E-state index is 0.150. The highest BCUT2D eigenvalue weighted by Crippen LogP contribution is 2.36. The van der Waals surface area contributed by atoms with E-state index in [1.165, 1.54) is 16.8 Å². The van der Waals surface area contributed by atoms with Crippen molar-refractivity contribution in [2.24, 2.45) is 0 Å². The molecule has 1 aromatic rings. The molecule has 0 bridgehead atoms. The largest absolute Gasteiger partial charge is 0.383 e. The third-order valence-electron chi connectivity index (χ3n) is 2.69. The number of nitrogen functional groups attached to an aromatic ring is 1. The molecule has 1 aliphatic rings. The van der Waals surface area contributed by atoms with Crippen molar-refractivity contribution in [1.82, 2.24) is 9.55 Å². The molecule has 1 heterocycles. The summed E-state index contributed by atoms with van der Waals surface area (Å²) in [6.45, 7) is 0. The number of rotatable bonds is 4. The summed E-state index contributed by atoms with van der Waals surface area (Å²) in [6, 6.07) is 1.27. The molecule has 1 aromatic heterocycles. The fourth-order valence-electron chi connectivity index (χ4n) is 1.85. The standard InChI is InChI=1S/C10H14N3O5P/c11-9-3-4-13(10(14)12-9)7-1-2-8(5-7)18-6-19(15,16)17/h1-4,7-8H,5-6H2,(H2,11,12,14)(H2,15,16,17)/t7-,8+/m0/s1. The smallest absolute Gasteiger partial charge is 0.351 e. The first-order valence-corrected chi connectivity index (χ1v) is 7.34. The van der Waals surface area contributed by atoms with Crippen LogP contribution in [0.15, 0.2) is 29.2 Å². The average molecular weight is 287 g/mol.